The Balaban J connectivity index is 3.94. The van der Waals surface area contributed by atoms with Crippen molar-refractivity contribution in [2.45, 2.75) is 6.92 Å². The molecular weight excluding hydrogens is 162 g/mol. The van der Waals surface area contributed by atoms with Crippen molar-refractivity contribution in [3.63, 3.8) is 0 Å². The normalized spacial score (nSPS) is 9.08. The van der Waals surface area contributed by atoms with Crippen LogP contribution < -0.4 is 5.73 Å². The van der Waals surface area contributed by atoms with Crippen molar-refractivity contribution < 1.29 is 9.59 Å². The largest absolute Gasteiger partial charge is 0.351 e. The highest BCUT2D eigenvalue weighted by atomic mass is 16.3. The summed E-state index contributed by atoms with van der Waals surface area (Å²) < 4.78 is 0. The van der Waals surface area contributed by atoms with Crippen LogP contribution in [0.3, 0.4) is 0 Å². The van der Waals surface area contributed by atoms with Crippen LogP contribution in [0.15, 0.2) is 5.18 Å². The minimum absolute atomic E-state index is 0.0454. The van der Waals surface area contributed by atoms with E-state index in [0.717, 1.165) is 4.90 Å². The Hall–Kier alpha value is -1.46. The van der Waals surface area contributed by atoms with E-state index in [9.17, 15) is 14.5 Å². The number of ketones is 1. The van der Waals surface area contributed by atoms with Crippen LogP contribution in [0.25, 0.3) is 0 Å². The molecule has 6 nitrogen and oxygen atoms in total. The first kappa shape index (κ1) is 10.5. The molecule has 0 aliphatic rings. The number of nitrogens with two attached hydrogens (primary N) is 1. The van der Waals surface area contributed by atoms with Gasteiger partial charge in [-0.15, -0.1) is 0 Å². The molecule has 6 heteroatoms. The molecule has 0 unspecified atom stereocenters. The third-order valence-corrected chi connectivity index (χ3v) is 1.19. The van der Waals surface area contributed by atoms with Gasteiger partial charge in [-0.1, -0.05) is 5.18 Å². The summed E-state index contributed by atoms with van der Waals surface area (Å²) in [5.41, 5.74) is 4.92. The number of carbonyl (C=O) groups excluding carboxylic acids is 2. The van der Waals surface area contributed by atoms with Crippen molar-refractivity contribution in [3.8, 4) is 0 Å². The lowest BCUT2D eigenvalue weighted by molar-refractivity contribution is -0.117. The van der Waals surface area contributed by atoms with Gasteiger partial charge in [-0.25, -0.2) is 4.79 Å². The highest BCUT2D eigenvalue weighted by molar-refractivity contribution is 5.83. The lowest BCUT2D eigenvalue weighted by Crippen LogP contribution is -2.40. The molecule has 0 aliphatic carbocycles. The topological polar surface area (TPSA) is 92.8 Å². The molecule has 0 bridgehead atoms. The van der Waals surface area contributed by atoms with E-state index in [1.165, 1.54) is 6.92 Å². The zero-order chi connectivity index (χ0) is 9.56. The molecule has 2 N–H and O–H groups in total. The van der Waals surface area contributed by atoms with E-state index in [-0.39, 0.29) is 25.4 Å². The zero-order valence-corrected chi connectivity index (χ0v) is 6.82. The molecule has 0 saturated carbocycles. The number of primary amides is 1. The van der Waals surface area contributed by atoms with Gasteiger partial charge in [0.05, 0.1) is 13.1 Å². The average molecular weight is 173 g/mol. The van der Waals surface area contributed by atoms with Crippen molar-refractivity contribution in [1.29, 1.82) is 0 Å². The molecule has 0 radical (unpaired) electrons. The molecule has 12 heavy (non-hydrogen) atoms. The third kappa shape index (κ3) is 4.37. The maximum atomic E-state index is 10.6. The summed E-state index contributed by atoms with van der Waals surface area (Å²) in [6.45, 7) is 1.32. The maximum Gasteiger partial charge on any atom is 0.315 e. The molecule has 0 atom stereocenters. The van der Waals surface area contributed by atoms with Gasteiger partial charge < -0.3 is 10.6 Å². The van der Waals surface area contributed by atoms with E-state index in [1.807, 2.05) is 0 Å². The molecule has 68 valence electrons. The van der Waals surface area contributed by atoms with E-state index in [0.29, 0.717) is 0 Å². The van der Waals surface area contributed by atoms with Gasteiger partial charge in [0, 0.05) is 6.54 Å². The van der Waals surface area contributed by atoms with Gasteiger partial charge in [0.2, 0.25) is 0 Å². The first-order chi connectivity index (χ1) is 5.57. The van der Waals surface area contributed by atoms with Gasteiger partial charge in [-0.3, -0.25) is 4.79 Å². The minimum Gasteiger partial charge on any atom is -0.351 e. The molecule has 0 heterocycles. The molecule has 0 aromatic carbocycles. The highest BCUT2D eigenvalue weighted by Gasteiger charge is 2.10. The molecule has 0 saturated heterocycles. The number of nitroso groups, excluding NO2 is 1. The molecule has 0 aliphatic heterocycles. The Morgan fingerprint density at radius 1 is 1.50 bits per heavy atom. The van der Waals surface area contributed by atoms with Gasteiger partial charge in [-0.05, 0) is 6.92 Å². The van der Waals surface area contributed by atoms with Crippen LogP contribution in [-0.2, 0) is 4.79 Å². The average Bonchev–Trinajstić information content (AvgIpc) is 1.96. The number of nitrogens with zero attached hydrogens (tertiary/aromatic N) is 2. The van der Waals surface area contributed by atoms with E-state index in [2.05, 4.69) is 5.18 Å². The predicted octanol–water partition coefficient (Wildman–Crippen LogP) is -0.277. The van der Waals surface area contributed by atoms with Crippen LogP contribution in [0.1, 0.15) is 6.92 Å². The molecular formula is C6H11N3O3. The first-order valence-electron chi connectivity index (χ1n) is 3.41. The Labute approximate surface area is 69.7 Å². The van der Waals surface area contributed by atoms with Gasteiger partial charge in [0.25, 0.3) is 0 Å². The predicted molar refractivity (Wildman–Crippen MR) is 42.5 cm³/mol. The van der Waals surface area contributed by atoms with E-state index < -0.39 is 6.03 Å². The fraction of sp³-hybridized carbons (Fsp3) is 0.667. The SMILES string of the molecule is CC(=O)CN(CCN=O)C(N)=O. The lowest BCUT2D eigenvalue weighted by atomic mass is 10.4. The van der Waals surface area contributed by atoms with Gasteiger partial charge in [-0.2, -0.15) is 4.91 Å². The Bertz CT molecular complexity index is 192. The van der Waals surface area contributed by atoms with Crippen LogP contribution in [0.4, 0.5) is 4.79 Å². The number of urea groups is 1. The molecule has 0 aromatic heterocycles. The van der Waals surface area contributed by atoms with Gasteiger partial charge >= 0.3 is 6.03 Å². The van der Waals surface area contributed by atoms with Crippen LogP contribution in [0.2, 0.25) is 0 Å². The second kappa shape index (κ2) is 5.22. The first-order valence-corrected chi connectivity index (χ1v) is 3.41. The highest BCUT2D eigenvalue weighted by Crippen LogP contribution is 1.88. The van der Waals surface area contributed by atoms with Crippen molar-refractivity contribution in [2.24, 2.45) is 10.9 Å². The van der Waals surface area contributed by atoms with Crippen molar-refractivity contribution in [2.75, 3.05) is 19.6 Å². The van der Waals surface area contributed by atoms with Crippen molar-refractivity contribution >= 4 is 11.8 Å². The van der Waals surface area contributed by atoms with E-state index in [1.54, 1.807) is 0 Å². The summed E-state index contributed by atoms with van der Waals surface area (Å²) in [7, 11) is 0. The summed E-state index contributed by atoms with van der Waals surface area (Å²) in [6.07, 6.45) is 0. The van der Waals surface area contributed by atoms with Crippen molar-refractivity contribution in [3.05, 3.63) is 4.91 Å². The summed E-state index contributed by atoms with van der Waals surface area (Å²) in [5, 5.41) is 2.55. The van der Waals surface area contributed by atoms with Crippen molar-refractivity contribution in [1.82, 2.24) is 4.90 Å². The number of rotatable bonds is 5. The van der Waals surface area contributed by atoms with Crippen LogP contribution in [-0.4, -0.2) is 36.3 Å². The number of hydrogen-bond acceptors (Lipinski definition) is 4. The summed E-state index contributed by atoms with van der Waals surface area (Å²) in [6, 6.07) is -0.714. The van der Waals surface area contributed by atoms with Crippen LogP contribution in [0.5, 0.6) is 0 Å². The van der Waals surface area contributed by atoms with E-state index in [4.69, 9.17) is 5.73 Å². The fourth-order valence-corrected chi connectivity index (χ4v) is 0.697. The number of Topliss-reactive ketones (excluding diaryl/α,β-unsaturated/α-hetero) is 1. The Kier molecular flexibility index (Phi) is 4.59. The molecule has 2 amide bonds. The smallest absolute Gasteiger partial charge is 0.315 e. The molecule has 0 spiro atoms. The summed E-state index contributed by atoms with van der Waals surface area (Å²) >= 11 is 0. The zero-order valence-electron chi connectivity index (χ0n) is 6.82. The number of amides is 2. The summed E-state index contributed by atoms with van der Waals surface area (Å²) in [5.74, 6) is -0.181. The molecule has 0 aromatic rings. The lowest BCUT2D eigenvalue weighted by Gasteiger charge is -2.16. The second-order valence-electron chi connectivity index (χ2n) is 2.31. The maximum absolute atomic E-state index is 10.6. The number of hydrogen-bond donors (Lipinski definition) is 1. The summed E-state index contributed by atoms with van der Waals surface area (Å²) in [4.78, 5) is 31.9. The Morgan fingerprint density at radius 3 is 2.42 bits per heavy atom. The third-order valence-electron chi connectivity index (χ3n) is 1.19. The van der Waals surface area contributed by atoms with Gasteiger partial charge in [0.15, 0.2) is 0 Å². The molecule has 0 rings (SSSR count). The van der Waals surface area contributed by atoms with Crippen LogP contribution >= 0.6 is 0 Å². The number of carbonyl (C=O) groups is 2. The standard InChI is InChI=1S/C6H11N3O3/c1-5(10)4-9(6(7)11)3-2-8-12/h2-4H2,1H3,(H2,7,11). The molecule has 0 fully saturated rings. The Morgan fingerprint density at radius 2 is 2.08 bits per heavy atom. The minimum atomic E-state index is -0.714. The van der Waals surface area contributed by atoms with Crippen LogP contribution in [0, 0.1) is 4.91 Å². The monoisotopic (exact) mass is 173 g/mol. The quantitative estimate of drug-likeness (QED) is 0.579. The van der Waals surface area contributed by atoms with E-state index >= 15 is 0 Å². The fourth-order valence-electron chi connectivity index (χ4n) is 0.697. The van der Waals surface area contributed by atoms with Gasteiger partial charge in [0.1, 0.15) is 5.78 Å². The second-order valence-corrected chi connectivity index (χ2v) is 2.31.